The van der Waals surface area contributed by atoms with Gasteiger partial charge in [0.1, 0.15) is 0 Å². The Morgan fingerprint density at radius 2 is 2.40 bits per heavy atom. The average Bonchev–Trinajstić information content (AvgIpc) is 3.08. The molecule has 4 nitrogen and oxygen atoms in total. The molecular weight excluding hydrogens is 270 g/mol. The van der Waals surface area contributed by atoms with Crippen LogP contribution in [-0.2, 0) is 0 Å². The number of nitrogens with one attached hydrogen (secondary N) is 1. The van der Waals surface area contributed by atoms with Crippen LogP contribution >= 0.6 is 11.3 Å². The summed E-state index contributed by atoms with van der Waals surface area (Å²) in [5.41, 5.74) is 1.84. The molecule has 3 rings (SSSR count). The van der Waals surface area contributed by atoms with E-state index in [2.05, 4.69) is 15.2 Å². The van der Waals surface area contributed by atoms with Crippen molar-refractivity contribution < 1.29 is 4.79 Å². The fourth-order valence-electron chi connectivity index (χ4n) is 2.48. The third-order valence-electron chi connectivity index (χ3n) is 3.49. The number of carbonyl (C=O) groups is 1. The van der Waals surface area contributed by atoms with Crippen molar-refractivity contribution in [3.05, 3.63) is 47.0 Å². The van der Waals surface area contributed by atoms with Crippen molar-refractivity contribution in [3.8, 4) is 0 Å². The fraction of sp³-hybridized carbons (Fsp3) is 0.333. The van der Waals surface area contributed by atoms with Crippen LogP contribution in [0.25, 0.3) is 0 Å². The molecule has 0 saturated carbocycles. The molecule has 20 heavy (non-hydrogen) atoms. The highest BCUT2D eigenvalue weighted by molar-refractivity contribution is 7.13. The number of amides is 1. The van der Waals surface area contributed by atoms with Crippen molar-refractivity contribution in [2.24, 2.45) is 0 Å². The Balaban J connectivity index is 1.61. The quantitative estimate of drug-likeness (QED) is 0.943. The molecule has 1 fully saturated rings. The van der Waals surface area contributed by atoms with Crippen molar-refractivity contribution in [2.45, 2.75) is 19.4 Å². The first kappa shape index (κ1) is 13.1. The van der Waals surface area contributed by atoms with Crippen LogP contribution in [-0.4, -0.2) is 30.0 Å². The highest BCUT2D eigenvalue weighted by Gasteiger charge is 2.25. The SMILES string of the molecule is Cc1cccc(C(=O)NC2CCN(c3nccs3)C2)c1. The zero-order chi connectivity index (χ0) is 13.9. The molecule has 1 saturated heterocycles. The van der Waals surface area contributed by atoms with E-state index in [-0.39, 0.29) is 11.9 Å². The van der Waals surface area contributed by atoms with Gasteiger partial charge >= 0.3 is 0 Å². The first-order chi connectivity index (χ1) is 9.72. The summed E-state index contributed by atoms with van der Waals surface area (Å²) in [7, 11) is 0. The summed E-state index contributed by atoms with van der Waals surface area (Å²) in [5.74, 6) is 0.0136. The number of nitrogens with zero attached hydrogens (tertiary/aromatic N) is 2. The van der Waals surface area contributed by atoms with Crippen LogP contribution in [0, 0.1) is 6.92 Å². The summed E-state index contributed by atoms with van der Waals surface area (Å²) in [6.45, 7) is 3.79. The lowest BCUT2D eigenvalue weighted by molar-refractivity contribution is 0.0940. The molecule has 1 aromatic heterocycles. The van der Waals surface area contributed by atoms with Gasteiger partial charge in [0.25, 0.3) is 5.91 Å². The van der Waals surface area contributed by atoms with Crippen molar-refractivity contribution in [1.29, 1.82) is 0 Å². The number of aryl methyl sites for hydroxylation is 1. The molecule has 1 aliphatic rings. The zero-order valence-corrected chi connectivity index (χ0v) is 12.2. The van der Waals surface area contributed by atoms with Crippen LogP contribution in [0.2, 0.25) is 0 Å². The summed E-state index contributed by atoms with van der Waals surface area (Å²) in [4.78, 5) is 18.7. The van der Waals surface area contributed by atoms with Gasteiger partial charge in [0.15, 0.2) is 5.13 Å². The van der Waals surface area contributed by atoms with Gasteiger partial charge in [-0.2, -0.15) is 0 Å². The van der Waals surface area contributed by atoms with Gasteiger partial charge in [0.05, 0.1) is 0 Å². The molecule has 1 aromatic carbocycles. The number of carbonyl (C=O) groups excluding carboxylic acids is 1. The molecule has 2 aromatic rings. The second-order valence-corrected chi connectivity index (χ2v) is 5.96. The molecule has 1 atom stereocenters. The van der Waals surface area contributed by atoms with E-state index in [9.17, 15) is 4.79 Å². The maximum Gasteiger partial charge on any atom is 0.251 e. The van der Waals surface area contributed by atoms with Gasteiger partial charge in [-0.25, -0.2) is 4.98 Å². The van der Waals surface area contributed by atoms with Crippen molar-refractivity contribution >= 4 is 22.4 Å². The van der Waals surface area contributed by atoms with E-state index in [0.29, 0.717) is 0 Å². The Kier molecular flexibility index (Phi) is 3.69. The maximum absolute atomic E-state index is 12.2. The molecule has 0 radical (unpaired) electrons. The highest BCUT2D eigenvalue weighted by atomic mass is 32.1. The van der Waals surface area contributed by atoms with Gasteiger partial charge in [-0.15, -0.1) is 11.3 Å². The van der Waals surface area contributed by atoms with Crippen molar-refractivity contribution in [3.63, 3.8) is 0 Å². The number of thiazole rings is 1. The van der Waals surface area contributed by atoms with E-state index in [4.69, 9.17) is 0 Å². The van der Waals surface area contributed by atoms with Gasteiger partial charge in [0, 0.05) is 36.3 Å². The number of rotatable bonds is 3. The number of benzene rings is 1. The van der Waals surface area contributed by atoms with Gasteiger partial charge in [-0.05, 0) is 25.5 Å². The van der Waals surface area contributed by atoms with Gasteiger partial charge in [-0.1, -0.05) is 17.7 Å². The molecular formula is C15H17N3OS. The smallest absolute Gasteiger partial charge is 0.251 e. The van der Waals surface area contributed by atoms with Gasteiger partial charge in [0.2, 0.25) is 0 Å². The Labute approximate surface area is 122 Å². The van der Waals surface area contributed by atoms with E-state index in [0.717, 1.165) is 35.8 Å². The van der Waals surface area contributed by atoms with E-state index in [1.165, 1.54) is 0 Å². The molecule has 1 aliphatic heterocycles. The highest BCUT2D eigenvalue weighted by Crippen LogP contribution is 2.22. The summed E-state index contributed by atoms with van der Waals surface area (Å²) in [6, 6.07) is 7.89. The Hall–Kier alpha value is -1.88. The molecule has 104 valence electrons. The Bertz CT molecular complexity index is 597. The van der Waals surface area contributed by atoms with Crippen LogP contribution in [0.5, 0.6) is 0 Å². The average molecular weight is 287 g/mol. The zero-order valence-electron chi connectivity index (χ0n) is 11.4. The number of hydrogen-bond acceptors (Lipinski definition) is 4. The lowest BCUT2D eigenvalue weighted by Crippen LogP contribution is -2.37. The van der Waals surface area contributed by atoms with Crippen molar-refractivity contribution in [1.82, 2.24) is 10.3 Å². The van der Waals surface area contributed by atoms with Crippen LogP contribution < -0.4 is 10.2 Å². The van der Waals surface area contributed by atoms with Crippen LogP contribution in [0.1, 0.15) is 22.3 Å². The second kappa shape index (κ2) is 5.63. The summed E-state index contributed by atoms with van der Waals surface area (Å²) >= 11 is 1.64. The summed E-state index contributed by atoms with van der Waals surface area (Å²) in [6.07, 6.45) is 2.79. The second-order valence-electron chi connectivity index (χ2n) is 5.09. The lowest BCUT2D eigenvalue weighted by Gasteiger charge is -2.15. The molecule has 0 spiro atoms. The monoisotopic (exact) mass is 287 g/mol. The molecule has 1 amide bonds. The largest absolute Gasteiger partial charge is 0.347 e. The van der Waals surface area contributed by atoms with Crippen molar-refractivity contribution in [2.75, 3.05) is 18.0 Å². The lowest BCUT2D eigenvalue weighted by atomic mass is 10.1. The minimum atomic E-state index is 0.0136. The first-order valence-corrected chi connectivity index (χ1v) is 7.62. The predicted octanol–water partition coefficient (Wildman–Crippen LogP) is 2.46. The number of aromatic nitrogens is 1. The topological polar surface area (TPSA) is 45.2 Å². The molecule has 2 heterocycles. The Morgan fingerprint density at radius 1 is 1.50 bits per heavy atom. The molecule has 5 heteroatoms. The number of anilines is 1. The third-order valence-corrected chi connectivity index (χ3v) is 4.33. The fourth-order valence-corrected chi connectivity index (χ4v) is 3.16. The minimum absolute atomic E-state index is 0.0136. The summed E-state index contributed by atoms with van der Waals surface area (Å²) < 4.78 is 0. The summed E-state index contributed by atoms with van der Waals surface area (Å²) in [5, 5.41) is 6.13. The first-order valence-electron chi connectivity index (χ1n) is 6.74. The number of hydrogen-bond donors (Lipinski definition) is 1. The molecule has 1 N–H and O–H groups in total. The van der Waals surface area contributed by atoms with E-state index in [1.54, 1.807) is 11.3 Å². The molecule has 0 bridgehead atoms. The standard InChI is InChI=1S/C15H17N3OS/c1-11-3-2-4-12(9-11)14(19)17-13-5-7-18(10-13)15-16-6-8-20-15/h2-4,6,8-9,13H,5,7,10H2,1H3,(H,17,19). The minimum Gasteiger partial charge on any atom is -0.347 e. The molecule has 1 unspecified atom stereocenters. The predicted molar refractivity (Wildman–Crippen MR) is 81.4 cm³/mol. The van der Waals surface area contributed by atoms with E-state index < -0.39 is 0 Å². The van der Waals surface area contributed by atoms with E-state index in [1.807, 2.05) is 42.8 Å². The van der Waals surface area contributed by atoms with E-state index >= 15 is 0 Å². The third kappa shape index (κ3) is 2.82. The normalized spacial score (nSPS) is 18.2. The van der Waals surface area contributed by atoms with Gasteiger partial charge in [-0.3, -0.25) is 4.79 Å². The Morgan fingerprint density at radius 3 is 3.15 bits per heavy atom. The maximum atomic E-state index is 12.2. The van der Waals surface area contributed by atoms with Crippen LogP contribution in [0.15, 0.2) is 35.8 Å². The molecule has 0 aliphatic carbocycles. The van der Waals surface area contributed by atoms with Crippen LogP contribution in [0.4, 0.5) is 5.13 Å². The van der Waals surface area contributed by atoms with Crippen LogP contribution in [0.3, 0.4) is 0 Å². The van der Waals surface area contributed by atoms with Gasteiger partial charge < -0.3 is 10.2 Å².